The number of esters is 1. The van der Waals surface area contributed by atoms with E-state index in [1.807, 2.05) is 28.8 Å². The third-order valence-electron chi connectivity index (χ3n) is 4.84. The number of aliphatic hydroxyl groups is 1. The van der Waals surface area contributed by atoms with Gasteiger partial charge in [0.25, 0.3) is 5.91 Å². The highest BCUT2D eigenvalue weighted by Crippen LogP contribution is 2.28. The molecule has 0 spiro atoms. The lowest BCUT2D eigenvalue weighted by Gasteiger charge is -2.17. The number of terminal acetylenes is 1. The average molecular weight is 397 g/mol. The van der Waals surface area contributed by atoms with Crippen LogP contribution in [0.3, 0.4) is 0 Å². The van der Waals surface area contributed by atoms with Gasteiger partial charge in [-0.3, -0.25) is 4.79 Å². The van der Waals surface area contributed by atoms with Gasteiger partial charge in [0.1, 0.15) is 6.10 Å². The maximum atomic E-state index is 11.9. The first-order valence-corrected chi connectivity index (χ1v) is 9.21. The summed E-state index contributed by atoms with van der Waals surface area (Å²) in [7, 11) is 3.04. The van der Waals surface area contributed by atoms with Gasteiger partial charge in [0, 0.05) is 31.3 Å². The molecule has 0 saturated carbocycles. The summed E-state index contributed by atoms with van der Waals surface area (Å²) >= 11 is 0. The summed E-state index contributed by atoms with van der Waals surface area (Å²) in [6, 6.07) is 7.51. The molecule has 1 N–H and O–H groups in total. The molecule has 1 unspecified atom stereocenters. The molecular weight excluding hydrogens is 374 g/mol. The summed E-state index contributed by atoms with van der Waals surface area (Å²) in [4.78, 5) is 28.4. The molecule has 29 heavy (non-hydrogen) atoms. The van der Waals surface area contributed by atoms with Crippen LogP contribution in [0.5, 0.6) is 0 Å². The highest BCUT2D eigenvalue weighted by molar-refractivity contribution is 5.87. The minimum Gasteiger partial charge on any atom is -0.463 e. The smallest absolute Gasteiger partial charge is 0.374 e. The van der Waals surface area contributed by atoms with Crippen molar-refractivity contribution in [3.63, 3.8) is 0 Å². The summed E-state index contributed by atoms with van der Waals surface area (Å²) in [5.74, 6) is 2.31. The SMILES string of the molecule is C#Cc1cccc(-c2nc(C(=O)OC)n3c2COCC3)c1.CN1CCC(O)C1=O. The zero-order valence-electron chi connectivity index (χ0n) is 16.4. The van der Waals surface area contributed by atoms with Crippen molar-refractivity contribution in [3.05, 3.63) is 41.3 Å². The number of hydrogen-bond acceptors (Lipinski definition) is 6. The quantitative estimate of drug-likeness (QED) is 0.602. The van der Waals surface area contributed by atoms with E-state index >= 15 is 0 Å². The number of amides is 1. The summed E-state index contributed by atoms with van der Waals surface area (Å²) in [6.45, 7) is 2.25. The molecule has 0 radical (unpaired) electrons. The molecule has 2 aliphatic rings. The molecule has 1 atom stereocenters. The van der Waals surface area contributed by atoms with Crippen LogP contribution in [0.25, 0.3) is 11.3 Å². The van der Waals surface area contributed by atoms with E-state index in [9.17, 15) is 9.59 Å². The fourth-order valence-electron chi connectivity index (χ4n) is 3.24. The van der Waals surface area contributed by atoms with E-state index in [4.69, 9.17) is 21.0 Å². The van der Waals surface area contributed by atoms with E-state index in [-0.39, 0.29) is 5.91 Å². The number of aromatic nitrogens is 2. The van der Waals surface area contributed by atoms with Gasteiger partial charge in [0.05, 0.1) is 31.7 Å². The summed E-state index contributed by atoms with van der Waals surface area (Å²) in [6.07, 6.45) is 5.31. The summed E-state index contributed by atoms with van der Waals surface area (Å²) in [5.41, 5.74) is 3.23. The average Bonchev–Trinajstić information content (AvgIpc) is 3.29. The van der Waals surface area contributed by atoms with Crippen LogP contribution in [0, 0.1) is 12.3 Å². The Morgan fingerprint density at radius 2 is 2.21 bits per heavy atom. The normalized spacial score (nSPS) is 17.8. The Morgan fingerprint density at radius 3 is 2.79 bits per heavy atom. The molecule has 1 amide bonds. The molecule has 8 heteroatoms. The zero-order valence-corrected chi connectivity index (χ0v) is 16.4. The fourth-order valence-corrected chi connectivity index (χ4v) is 3.24. The molecule has 2 aliphatic heterocycles. The van der Waals surface area contributed by atoms with Gasteiger partial charge in [0.2, 0.25) is 5.82 Å². The first-order valence-electron chi connectivity index (χ1n) is 9.21. The molecule has 8 nitrogen and oxygen atoms in total. The first-order chi connectivity index (χ1) is 14.0. The van der Waals surface area contributed by atoms with Crippen LogP contribution in [-0.2, 0) is 27.4 Å². The Kier molecular flexibility index (Phi) is 6.32. The number of methoxy groups -OCH3 is 1. The number of hydrogen-bond donors (Lipinski definition) is 1. The number of benzene rings is 1. The van der Waals surface area contributed by atoms with Crippen molar-refractivity contribution in [1.82, 2.24) is 14.5 Å². The Bertz CT molecular complexity index is 948. The van der Waals surface area contributed by atoms with Crippen molar-refractivity contribution in [1.29, 1.82) is 0 Å². The second-order valence-electron chi connectivity index (χ2n) is 6.72. The fraction of sp³-hybridized carbons (Fsp3) is 0.381. The number of fused-ring (bicyclic) bond motifs is 1. The van der Waals surface area contributed by atoms with E-state index in [2.05, 4.69) is 10.9 Å². The Labute approximate surface area is 169 Å². The maximum Gasteiger partial charge on any atom is 0.374 e. The number of ether oxygens (including phenoxy) is 2. The molecule has 0 aliphatic carbocycles. The van der Waals surface area contributed by atoms with Crippen LogP contribution < -0.4 is 0 Å². The number of imidazole rings is 1. The molecular formula is C21H23N3O5. The second kappa shape index (κ2) is 8.90. The number of carbonyl (C=O) groups is 2. The van der Waals surface area contributed by atoms with E-state index in [0.29, 0.717) is 44.2 Å². The van der Waals surface area contributed by atoms with Crippen LogP contribution in [-0.4, -0.2) is 64.8 Å². The standard InChI is InChI=1S/C16H14N2O3.C5H9NO2/c1-3-11-5-4-6-12(9-11)14-13-10-21-8-7-18(13)15(17-14)16(19)20-2;1-6-3-2-4(7)5(6)8/h1,4-6,9H,7-8,10H2,2H3;4,7H,2-3H2,1H3. The predicted molar refractivity (Wildman–Crippen MR) is 105 cm³/mol. The topological polar surface area (TPSA) is 93.9 Å². The van der Waals surface area contributed by atoms with Gasteiger partial charge < -0.3 is 24.0 Å². The number of rotatable bonds is 2. The van der Waals surface area contributed by atoms with Crippen molar-refractivity contribution < 1.29 is 24.2 Å². The molecule has 1 fully saturated rings. The van der Waals surface area contributed by atoms with Gasteiger partial charge in [-0.15, -0.1) is 6.42 Å². The lowest BCUT2D eigenvalue weighted by Crippen LogP contribution is -2.24. The largest absolute Gasteiger partial charge is 0.463 e. The van der Waals surface area contributed by atoms with Gasteiger partial charge in [-0.1, -0.05) is 18.1 Å². The first kappa shape index (κ1) is 20.6. The lowest BCUT2D eigenvalue weighted by molar-refractivity contribution is -0.133. The van der Waals surface area contributed by atoms with E-state index in [0.717, 1.165) is 16.8 Å². The number of carbonyl (C=O) groups excluding carboxylic acids is 2. The van der Waals surface area contributed by atoms with Crippen molar-refractivity contribution in [3.8, 4) is 23.6 Å². The molecule has 152 valence electrons. The summed E-state index contributed by atoms with van der Waals surface area (Å²) in [5, 5.41) is 8.78. The Hall–Kier alpha value is -3.15. The summed E-state index contributed by atoms with van der Waals surface area (Å²) < 4.78 is 12.1. The van der Waals surface area contributed by atoms with Crippen molar-refractivity contribution in [2.24, 2.45) is 0 Å². The molecule has 2 aromatic rings. The van der Waals surface area contributed by atoms with E-state index in [1.54, 1.807) is 7.05 Å². The molecule has 1 aromatic carbocycles. The Balaban J connectivity index is 0.000000252. The minimum absolute atomic E-state index is 0.148. The molecule has 1 aromatic heterocycles. The molecule has 1 saturated heterocycles. The highest BCUT2D eigenvalue weighted by Gasteiger charge is 2.26. The van der Waals surface area contributed by atoms with Crippen LogP contribution in [0.15, 0.2) is 24.3 Å². The highest BCUT2D eigenvalue weighted by atomic mass is 16.5. The van der Waals surface area contributed by atoms with Crippen LogP contribution in [0.1, 0.15) is 28.3 Å². The maximum absolute atomic E-state index is 11.9. The van der Waals surface area contributed by atoms with Crippen molar-refractivity contribution in [2.75, 3.05) is 27.3 Å². The van der Waals surface area contributed by atoms with Crippen LogP contribution >= 0.6 is 0 Å². The van der Waals surface area contributed by atoms with Crippen LogP contribution in [0.4, 0.5) is 0 Å². The third-order valence-corrected chi connectivity index (χ3v) is 4.84. The lowest BCUT2D eigenvalue weighted by atomic mass is 10.1. The van der Waals surface area contributed by atoms with Gasteiger partial charge in [-0.25, -0.2) is 9.78 Å². The van der Waals surface area contributed by atoms with E-state index < -0.39 is 12.1 Å². The second-order valence-corrected chi connectivity index (χ2v) is 6.72. The molecule has 3 heterocycles. The number of likely N-dealkylation sites (N-methyl/N-ethyl adjacent to an activating group) is 1. The van der Waals surface area contributed by atoms with Gasteiger partial charge in [-0.05, 0) is 18.6 Å². The number of aliphatic hydroxyl groups excluding tert-OH is 1. The predicted octanol–water partition coefficient (Wildman–Crippen LogP) is 1.06. The van der Waals surface area contributed by atoms with Gasteiger partial charge >= 0.3 is 5.97 Å². The number of nitrogens with zero attached hydrogens (tertiary/aromatic N) is 3. The molecule has 4 rings (SSSR count). The van der Waals surface area contributed by atoms with Crippen molar-refractivity contribution in [2.45, 2.75) is 25.7 Å². The van der Waals surface area contributed by atoms with Gasteiger partial charge in [0.15, 0.2) is 0 Å². The molecule has 0 bridgehead atoms. The Morgan fingerprint density at radius 1 is 1.41 bits per heavy atom. The zero-order chi connectivity index (χ0) is 21.0. The monoisotopic (exact) mass is 397 g/mol. The van der Waals surface area contributed by atoms with Crippen LogP contribution in [0.2, 0.25) is 0 Å². The van der Waals surface area contributed by atoms with Crippen molar-refractivity contribution >= 4 is 11.9 Å². The number of likely N-dealkylation sites (tertiary alicyclic amines) is 1. The third kappa shape index (κ3) is 4.31. The minimum atomic E-state index is -0.722. The van der Waals surface area contributed by atoms with E-state index in [1.165, 1.54) is 12.0 Å². The van der Waals surface area contributed by atoms with Gasteiger partial charge in [-0.2, -0.15) is 0 Å².